The smallest absolute Gasteiger partial charge is 0.276 e. The van der Waals surface area contributed by atoms with Crippen molar-refractivity contribution in [1.29, 1.82) is 0 Å². The molecule has 0 fully saturated rings. The molecule has 0 unspecified atom stereocenters. The maximum absolute atomic E-state index is 12.5. The van der Waals surface area contributed by atoms with Gasteiger partial charge in [-0.15, -0.1) is 0 Å². The fraction of sp³-hybridized carbons (Fsp3) is 0.182. The second-order valence-electron chi connectivity index (χ2n) is 6.66. The number of rotatable bonds is 7. The predicted molar refractivity (Wildman–Crippen MR) is 111 cm³/mol. The van der Waals surface area contributed by atoms with Gasteiger partial charge in [-0.25, -0.2) is 0 Å². The van der Waals surface area contributed by atoms with Gasteiger partial charge >= 0.3 is 0 Å². The number of anilines is 2. The van der Waals surface area contributed by atoms with Gasteiger partial charge in [-0.2, -0.15) is 5.10 Å². The highest BCUT2D eigenvalue weighted by Gasteiger charge is 2.15. The fourth-order valence-corrected chi connectivity index (χ4v) is 2.81. The van der Waals surface area contributed by atoms with Gasteiger partial charge < -0.3 is 10.6 Å². The Bertz CT molecular complexity index is 1040. The van der Waals surface area contributed by atoms with E-state index in [0.717, 1.165) is 5.56 Å². The van der Waals surface area contributed by atoms with E-state index in [-0.39, 0.29) is 17.4 Å². The second-order valence-corrected chi connectivity index (χ2v) is 6.66. The van der Waals surface area contributed by atoms with Crippen molar-refractivity contribution in [3.05, 3.63) is 77.5 Å². The predicted octanol–water partition coefficient (Wildman–Crippen LogP) is 3.45. The van der Waals surface area contributed by atoms with Gasteiger partial charge in [-0.1, -0.05) is 42.5 Å². The van der Waals surface area contributed by atoms with Crippen molar-refractivity contribution in [3.63, 3.8) is 0 Å². The van der Waals surface area contributed by atoms with E-state index in [0.29, 0.717) is 29.9 Å². The van der Waals surface area contributed by atoms with E-state index in [1.807, 2.05) is 30.3 Å². The number of benzene rings is 2. The average molecular weight is 390 g/mol. The van der Waals surface area contributed by atoms with Gasteiger partial charge in [0.1, 0.15) is 5.82 Å². The van der Waals surface area contributed by atoms with Gasteiger partial charge in [0.25, 0.3) is 5.91 Å². The van der Waals surface area contributed by atoms with Gasteiger partial charge in [0.15, 0.2) is 11.5 Å². The van der Waals surface area contributed by atoms with Crippen LogP contribution in [0.5, 0.6) is 0 Å². The molecule has 7 nitrogen and oxygen atoms in total. The largest absolute Gasteiger partial charge is 0.321 e. The van der Waals surface area contributed by atoms with Crippen LogP contribution in [-0.2, 0) is 18.3 Å². The first kappa shape index (κ1) is 20.0. The molecular weight excluding hydrogens is 368 g/mol. The van der Waals surface area contributed by atoms with Crippen molar-refractivity contribution >= 4 is 29.1 Å². The normalized spacial score (nSPS) is 10.4. The van der Waals surface area contributed by atoms with Crippen LogP contribution in [0.25, 0.3) is 0 Å². The summed E-state index contributed by atoms with van der Waals surface area (Å²) in [6, 6.07) is 17.9. The highest BCUT2D eigenvalue weighted by Crippen LogP contribution is 2.15. The molecule has 29 heavy (non-hydrogen) atoms. The Morgan fingerprint density at radius 3 is 2.45 bits per heavy atom. The Labute approximate surface area is 168 Å². The maximum atomic E-state index is 12.5. The zero-order valence-electron chi connectivity index (χ0n) is 16.3. The number of carbonyl (C=O) groups excluding carboxylic acids is 3. The number of aryl methyl sites for hydroxylation is 2. The summed E-state index contributed by atoms with van der Waals surface area (Å²) in [4.78, 5) is 36.2. The van der Waals surface area contributed by atoms with E-state index < -0.39 is 5.91 Å². The van der Waals surface area contributed by atoms with Crippen LogP contribution in [-0.4, -0.2) is 27.4 Å². The van der Waals surface area contributed by atoms with E-state index in [1.54, 1.807) is 31.3 Å². The Kier molecular flexibility index (Phi) is 6.19. The van der Waals surface area contributed by atoms with Gasteiger partial charge in [-0.3, -0.25) is 19.1 Å². The van der Waals surface area contributed by atoms with Crippen molar-refractivity contribution in [2.24, 2.45) is 7.05 Å². The SMILES string of the molecule is CC(=O)c1cccc(NC(=O)c2cc(NC(=O)CCc3ccccc3)n(C)n2)c1. The minimum absolute atomic E-state index is 0.0839. The Balaban J connectivity index is 1.61. The molecule has 3 aromatic rings. The quantitative estimate of drug-likeness (QED) is 0.604. The Morgan fingerprint density at radius 1 is 0.966 bits per heavy atom. The van der Waals surface area contributed by atoms with Crippen molar-refractivity contribution < 1.29 is 14.4 Å². The van der Waals surface area contributed by atoms with Gasteiger partial charge in [-0.05, 0) is 31.0 Å². The van der Waals surface area contributed by atoms with Crippen LogP contribution in [0.2, 0.25) is 0 Å². The topological polar surface area (TPSA) is 93.1 Å². The molecule has 2 N–H and O–H groups in total. The van der Waals surface area contributed by atoms with E-state index in [2.05, 4.69) is 15.7 Å². The monoisotopic (exact) mass is 390 g/mol. The van der Waals surface area contributed by atoms with Gasteiger partial charge in [0, 0.05) is 30.8 Å². The molecule has 2 aromatic carbocycles. The van der Waals surface area contributed by atoms with Crippen molar-refractivity contribution in [3.8, 4) is 0 Å². The maximum Gasteiger partial charge on any atom is 0.276 e. The summed E-state index contributed by atoms with van der Waals surface area (Å²) in [5, 5.41) is 9.65. The summed E-state index contributed by atoms with van der Waals surface area (Å²) >= 11 is 0. The number of hydrogen-bond acceptors (Lipinski definition) is 4. The van der Waals surface area contributed by atoms with Crippen molar-refractivity contribution in [2.75, 3.05) is 10.6 Å². The van der Waals surface area contributed by atoms with Crippen LogP contribution in [0.3, 0.4) is 0 Å². The van der Waals surface area contributed by atoms with E-state index in [9.17, 15) is 14.4 Å². The van der Waals surface area contributed by atoms with Crippen molar-refractivity contribution in [2.45, 2.75) is 19.8 Å². The lowest BCUT2D eigenvalue weighted by Crippen LogP contribution is -2.14. The summed E-state index contributed by atoms with van der Waals surface area (Å²) in [5.74, 6) is -0.228. The molecule has 2 amide bonds. The first-order chi connectivity index (χ1) is 13.9. The fourth-order valence-electron chi connectivity index (χ4n) is 2.81. The molecule has 0 aliphatic carbocycles. The van der Waals surface area contributed by atoms with E-state index in [1.165, 1.54) is 17.7 Å². The highest BCUT2D eigenvalue weighted by atomic mass is 16.2. The molecule has 0 atom stereocenters. The lowest BCUT2D eigenvalue weighted by molar-refractivity contribution is -0.116. The van der Waals surface area contributed by atoms with E-state index in [4.69, 9.17) is 0 Å². The molecular formula is C22H22N4O3. The number of aromatic nitrogens is 2. The highest BCUT2D eigenvalue weighted by molar-refractivity contribution is 6.04. The molecule has 3 rings (SSSR count). The van der Waals surface area contributed by atoms with Crippen molar-refractivity contribution in [1.82, 2.24) is 9.78 Å². The molecule has 7 heteroatoms. The summed E-state index contributed by atoms with van der Waals surface area (Å²) < 4.78 is 1.45. The number of hydrogen-bond donors (Lipinski definition) is 2. The molecule has 0 saturated carbocycles. The number of nitrogens with one attached hydrogen (secondary N) is 2. The lowest BCUT2D eigenvalue weighted by Gasteiger charge is -2.05. The van der Waals surface area contributed by atoms with Crippen LogP contribution in [0.1, 0.15) is 39.8 Å². The molecule has 1 aromatic heterocycles. The van der Waals surface area contributed by atoms with Crippen LogP contribution < -0.4 is 10.6 Å². The summed E-state index contributed by atoms with van der Waals surface area (Å²) in [6.07, 6.45) is 0.957. The summed E-state index contributed by atoms with van der Waals surface area (Å²) in [5.41, 5.74) is 2.26. The number of Topliss-reactive ketones (excluding diaryl/α,β-unsaturated/α-hetero) is 1. The van der Waals surface area contributed by atoms with Crippen LogP contribution in [0, 0.1) is 0 Å². The zero-order valence-corrected chi connectivity index (χ0v) is 16.3. The molecule has 0 aliphatic rings. The summed E-state index contributed by atoms with van der Waals surface area (Å²) in [6.45, 7) is 1.46. The summed E-state index contributed by atoms with van der Waals surface area (Å²) in [7, 11) is 1.65. The first-order valence-electron chi connectivity index (χ1n) is 9.22. The molecule has 0 saturated heterocycles. The van der Waals surface area contributed by atoms with E-state index >= 15 is 0 Å². The zero-order chi connectivity index (χ0) is 20.8. The number of amides is 2. The minimum Gasteiger partial charge on any atom is -0.321 e. The number of ketones is 1. The van der Waals surface area contributed by atoms with Crippen LogP contribution in [0.4, 0.5) is 11.5 Å². The Morgan fingerprint density at radius 2 is 1.72 bits per heavy atom. The Hall–Kier alpha value is -3.74. The third-order valence-corrected chi connectivity index (χ3v) is 4.39. The van der Waals surface area contributed by atoms with Crippen LogP contribution in [0.15, 0.2) is 60.7 Å². The molecule has 0 aliphatic heterocycles. The average Bonchev–Trinajstić information content (AvgIpc) is 3.08. The minimum atomic E-state index is -0.425. The molecule has 0 radical (unpaired) electrons. The third kappa shape index (κ3) is 5.38. The first-order valence-corrected chi connectivity index (χ1v) is 9.22. The standard InChI is InChI=1S/C22H22N4O3/c1-15(27)17-9-6-10-18(13-17)23-22(29)19-14-20(26(2)25-19)24-21(28)12-11-16-7-4-3-5-8-16/h3-10,13-14H,11-12H2,1-2H3,(H,23,29)(H,24,28). The van der Waals surface area contributed by atoms with Gasteiger partial charge in [0.2, 0.25) is 5.91 Å². The van der Waals surface area contributed by atoms with Crippen LogP contribution >= 0.6 is 0 Å². The third-order valence-electron chi connectivity index (χ3n) is 4.39. The number of nitrogens with zero attached hydrogens (tertiary/aromatic N) is 2. The molecule has 148 valence electrons. The number of carbonyl (C=O) groups is 3. The molecule has 0 spiro atoms. The molecule has 0 bridgehead atoms. The van der Waals surface area contributed by atoms with Gasteiger partial charge in [0.05, 0.1) is 0 Å². The second kappa shape index (κ2) is 8.97. The molecule has 1 heterocycles. The lowest BCUT2D eigenvalue weighted by atomic mass is 10.1.